The molecule has 0 spiro atoms. The van der Waals surface area contributed by atoms with Crippen LogP contribution in [-0.4, -0.2) is 23.8 Å². The van der Waals surface area contributed by atoms with E-state index in [1.165, 1.54) is 32.7 Å². The molecule has 0 saturated carbocycles. The number of hydrogen-bond acceptors (Lipinski definition) is 2. The normalized spacial score (nSPS) is 12.5. The zero-order valence-corrected chi connectivity index (χ0v) is 19.6. The predicted octanol–water partition coefficient (Wildman–Crippen LogP) is 6.62. The number of fused-ring (bicyclic) bond motifs is 3. The average Bonchev–Trinajstić information content (AvgIpc) is 2.80. The first-order chi connectivity index (χ1) is 15.8. The molecule has 0 saturated heterocycles. The van der Waals surface area contributed by atoms with Crippen molar-refractivity contribution >= 4 is 45.3 Å². The molecule has 0 aliphatic rings. The molecule has 0 bridgehead atoms. The summed E-state index contributed by atoms with van der Waals surface area (Å²) < 4.78 is 6.22. The molecule has 2 nitrogen and oxygen atoms in total. The van der Waals surface area contributed by atoms with E-state index in [4.69, 9.17) is 4.65 Å². The molecule has 0 aliphatic heterocycles. The summed E-state index contributed by atoms with van der Waals surface area (Å²) in [5.74, 6) is 0. The molecule has 1 N–H and O–H groups in total. The van der Waals surface area contributed by atoms with Crippen molar-refractivity contribution in [3.63, 3.8) is 0 Å². The minimum Gasteiger partial charge on any atom is -0.427 e. The van der Waals surface area contributed by atoms with Crippen LogP contribution in [0.15, 0.2) is 91.0 Å². The minimum absolute atomic E-state index is 0.744. The van der Waals surface area contributed by atoms with Gasteiger partial charge in [-0.1, -0.05) is 84.9 Å². The molecule has 0 unspecified atom stereocenters. The second kappa shape index (κ2) is 8.02. The molecule has 0 heterocycles. The Kier molecular flexibility index (Phi) is 5.27. The highest BCUT2D eigenvalue weighted by Gasteiger charge is 2.36. The van der Waals surface area contributed by atoms with Gasteiger partial charge in [-0.2, -0.15) is 0 Å². The van der Waals surface area contributed by atoms with Crippen LogP contribution < -0.4 is 5.46 Å². The lowest BCUT2D eigenvalue weighted by Crippen LogP contribution is -2.49. The molecule has 0 aromatic heterocycles. The highest BCUT2D eigenvalue weighted by atomic mass is 16.5. The van der Waals surface area contributed by atoms with Crippen LogP contribution in [0.4, 0.5) is 0 Å². The highest BCUT2D eigenvalue weighted by molar-refractivity contribution is 6.57. The smallest absolute Gasteiger partial charge is 0.332 e. The van der Waals surface area contributed by atoms with Crippen LogP contribution in [0.3, 0.4) is 0 Å². The van der Waals surface area contributed by atoms with Gasteiger partial charge in [0.1, 0.15) is 0 Å². The highest BCUT2D eigenvalue weighted by Crippen LogP contribution is 2.37. The van der Waals surface area contributed by atoms with Gasteiger partial charge >= 0.3 is 7.48 Å². The van der Waals surface area contributed by atoms with Crippen LogP contribution in [0.2, 0.25) is 0 Å². The Morgan fingerprint density at radius 3 is 1.73 bits per heavy atom. The Labute approximate surface area is 196 Å². The van der Waals surface area contributed by atoms with Crippen molar-refractivity contribution in [3.05, 3.63) is 91.0 Å². The summed E-state index contributed by atoms with van der Waals surface area (Å²) in [5, 5.41) is 17.7. The Bertz CT molecular complexity index is 1420. The van der Waals surface area contributed by atoms with E-state index in [9.17, 15) is 5.11 Å². The monoisotopic (exact) mass is 431 g/mol. The summed E-state index contributed by atoms with van der Waals surface area (Å²) in [6, 6.07) is 32.2. The average molecular weight is 431 g/mol. The summed E-state index contributed by atoms with van der Waals surface area (Å²) in [4.78, 5) is 0. The quantitative estimate of drug-likeness (QED) is 0.250. The molecule has 163 valence electrons. The third-order valence-corrected chi connectivity index (χ3v) is 6.96. The first-order valence-corrected chi connectivity index (χ1v) is 11.4. The number of benzene rings is 5. The lowest BCUT2D eigenvalue weighted by molar-refractivity contribution is -0.0892. The van der Waals surface area contributed by atoms with Gasteiger partial charge in [0.15, 0.2) is 0 Å². The summed E-state index contributed by atoms with van der Waals surface area (Å²) in [6.07, 6.45) is 0. The molecular weight excluding hydrogens is 403 g/mol. The molecule has 3 heteroatoms. The van der Waals surface area contributed by atoms with E-state index in [0.717, 1.165) is 16.2 Å². The fraction of sp³-hybridized carbons (Fsp3) is 0.200. The molecular formula is C30H28BO2. The molecule has 0 aliphatic carbocycles. The van der Waals surface area contributed by atoms with Crippen molar-refractivity contribution < 1.29 is 9.76 Å². The van der Waals surface area contributed by atoms with Gasteiger partial charge in [0.2, 0.25) is 0 Å². The van der Waals surface area contributed by atoms with Crippen LogP contribution in [0, 0.1) is 0 Å². The molecule has 0 amide bonds. The molecule has 5 rings (SSSR count). The van der Waals surface area contributed by atoms with E-state index in [1.807, 2.05) is 21.3 Å². The van der Waals surface area contributed by atoms with E-state index in [0.29, 0.717) is 0 Å². The molecule has 1 radical (unpaired) electrons. The Morgan fingerprint density at radius 2 is 1.15 bits per heavy atom. The fourth-order valence-electron chi connectivity index (χ4n) is 4.30. The zero-order valence-electron chi connectivity index (χ0n) is 19.6. The van der Waals surface area contributed by atoms with Gasteiger partial charge in [-0.3, -0.25) is 0 Å². The second-order valence-electron chi connectivity index (χ2n) is 9.75. The van der Waals surface area contributed by atoms with Gasteiger partial charge < -0.3 is 9.76 Å². The first-order valence-electron chi connectivity index (χ1n) is 11.4. The van der Waals surface area contributed by atoms with Crippen molar-refractivity contribution in [2.75, 3.05) is 0 Å². The first kappa shape index (κ1) is 21.7. The number of aliphatic hydroxyl groups is 1. The van der Waals surface area contributed by atoms with E-state index in [2.05, 4.69) is 91.0 Å². The van der Waals surface area contributed by atoms with Gasteiger partial charge in [-0.15, -0.1) is 0 Å². The van der Waals surface area contributed by atoms with Crippen LogP contribution in [0.25, 0.3) is 43.4 Å². The van der Waals surface area contributed by atoms with Crippen LogP contribution in [0.5, 0.6) is 0 Å². The third-order valence-electron chi connectivity index (χ3n) is 6.96. The zero-order chi connectivity index (χ0) is 23.2. The summed E-state index contributed by atoms with van der Waals surface area (Å²) in [5.41, 5.74) is 1.73. The van der Waals surface area contributed by atoms with Crippen molar-refractivity contribution in [1.29, 1.82) is 0 Å². The number of rotatable bonds is 5. The standard InChI is InChI=1S/C30H28BO2/c1-29(2,32)30(3,4)33-31-28-25-15-9-7-13-23(25)27(24-14-8-10-16-26(24)28)22-18-17-20-11-5-6-12-21(20)19-22/h5-19,32H,1-4H3. The molecule has 0 atom stereocenters. The topological polar surface area (TPSA) is 29.5 Å². The van der Waals surface area contributed by atoms with E-state index in [-0.39, 0.29) is 0 Å². The Balaban J connectivity index is 1.76. The van der Waals surface area contributed by atoms with Crippen LogP contribution in [0.1, 0.15) is 27.7 Å². The van der Waals surface area contributed by atoms with Crippen molar-refractivity contribution in [2.24, 2.45) is 0 Å². The Morgan fingerprint density at radius 1 is 0.636 bits per heavy atom. The van der Waals surface area contributed by atoms with Crippen LogP contribution in [-0.2, 0) is 4.65 Å². The van der Waals surface area contributed by atoms with Crippen molar-refractivity contribution in [2.45, 2.75) is 38.9 Å². The van der Waals surface area contributed by atoms with Crippen LogP contribution >= 0.6 is 0 Å². The SMILES string of the molecule is CC(C)(O)C(C)(C)O[B]c1c2ccccc2c(-c2ccc3ccccc3c2)c2ccccc12. The lowest BCUT2D eigenvalue weighted by Gasteiger charge is -2.37. The van der Waals surface area contributed by atoms with E-state index in [1.54, 1.807) is 13.8 Å². The summed E-state index contributed by atoms with van der Waals surface area (Å²) in [7, 11) is 1.83. The minimum atomic E-state index is -0.986. The maximum Gasteiger partial charge on any atom is 0.332 e. The molecule has 33 heavy (non-hydrogen) atoms. The molecule has 0 fully saturated rings. The van der Waals surface area contributed by atoms with Crippen molar-refractivity contribution in [1.82, 2.24) is 0 Å². The Hall–Kier alpha value is -3.14. The second-order valence-corrected chi connectivity index (χ2v) is 9.75. The summed E-state index contributed by atoms with van der Waals surface area (Å²) >= 11 is 0. The summed E-state index contributed by atoms with van der Waals surface area (Å²) in [6.45, 7) is 7.38. The predicted molar refractivity (Wildman–Crippen MR) is 141 cm³/mol. The van der Waals surface area contributed by atoms with Gasteiger partial charge in [0, 0.05) is 0 Å². The molecule has 5 aromatic rings. The van der Waals surface area contributed by atoms with Gasteiger partial charge in [-0.25, -0.2) is 0 Å². The molecule has 5 aromatic carbocycles. The van der Waals surface area contributed by atoms with E-state index >= 15 is 0 Å². The van der Waals surface area contributed by atoms with Crippen molar-refractivity contribution in [3.8, 4) is 11.1 Å². The van der Waals surface area contributed by atoms with Gasteiger partial charge in [0.05, 0.1) is 11.2 Å². The largest absolute Gasteiger partial charge is 0.427 e. The fourth-order valence-corrected chi connectivity index (χ4v) is 4.30. The van der Waals surface area contributed by atoms with Gasteiger partial charge in [-0.05, 0) is 82.7 Å². The lowest BCUT2D eigenvalue weighted by atomic mass is 9.75. The third kappa shape index (κ3) is 3.82. The van der Waals surface area contributed by atoms with Gasteiger partial charge in [0.25, 0.3) is 0 Å². The maximum atomic E-state index is 10.6. The van der Waals surface area contributed by atoms with E-state index < -0.39 is 11.2 Å². The number of hydrogen-bond donors (Lipinski definition) is 1. The maximum absolute atomic E-state index is 10.6.